The van der Waals surface area contributed by atoms with Gasteiger partial charge in [0.1, 0.15) is 6.61 Å². The number of nitrogens with one attached hydrogen (secondary N) is 1. The minimum Gasteiger partial charge on any atom is -0.444 e. The Kier molecular flexibility index (Phi) is 8.56. The van der Waals surface area contributed by atoms with E-state index < -0.39 is 13.2 Å². The van der Waals surface area contributed by atoms with Crippen molar-refractivity contribution >= 4 is 53.3 Å². The second-order valence-electron chi connectivity index (χ2n) is 8.94. The Morgan fingerprint density at radius 2 is 1.48 bits per heavy atom. The number of anilines is 2. The van der Waals surface area contributed by atoms with Crippen molar-refractivity contribution in [2.24, 2.45) is 0 Å². The fourth-order valence-corrected chi connectivity index (χ4v) is 3.79. The molecule has 178 valence electrons. The number of rotatable bonds is 9. The summed E-state index contributed by atoms with van der Waals surface area (Å²) >= 11 is 11.7. The fraction of sp³-hybridized carbons (Fsp3) is 0.458. The van der Waals surface area contributed by atoms with E-state index in [1.807, 2.05) is 76.2 Å². The summed E-state index contributed by atoms with van der Waals surface area (Å²) in [5, 5.41) is 2.74. The van der Waals surface area contributed by atoms with Crippen molar-refractivity contribution in [2.75, 3.05) is 35.1 Å². The number of benzene rings is 2. The summed E-state index contributed by atoms with van der Waals surface area (Å²) in [6.45, 7) is 9.67. The standard InChI is InChI=1S/C24H31BCl2N2O4/c1-23(2)24(3,4)33-25(32-23)19-7-5-18(6-8-19)17-31-22(30)28-20-9-11-21(12-10-20)29(15-13-26)16-14-27/h5-12H,13-17H2,1-4H3,(H,28,30). The third-order valence-corrected chi connectivity index (χ3v) is 6.40. The molecule has 1 fully saturated rings. The van der Waals surface area contributed by atoms with Crippen molar-refractivity contribution in [2.45, 2.75) is 45.5 Å². The number of halogens is 2. The van der Waals surface area contributed by atoms with Crippen molar-refractivity contribution in [1.29, 1.82) is 0 Å². The number of alkyl halides is 2. The number of nitrogens with zero attached hydrogens (tertiary/aromatic N) is 1. The maximum Gasteiger partial charge on any atom is 0.494 e. The van der Waals surface area contributed by atoms with Gasteiger partial charge in [-0.05, 0) is 63.0 Å². The molecule has 1 saturated heterocycles. The lowest BCUT2D eigenvalue weighted by atomic mass is 9.79. The van der Waals surface area contributed by atoms with Gasteiger partial charge in [-0.1, -0.05) is 24.3 Å². The highest BCUT2D eigenvalue weighted by Crippen LogP contribution is 2.36. The Morgan fingerprint density at radius 1 is 0.939 bits per heavy atom. The van der Waals surface area contributed by atoms with Crippen LogP contribution >= 0.6 is 23.2 Å². The molecule has 6 nitrogen and oxygen atoms in total. The van der Waals surface area contributed by atoms with Crippen molar-refractivity contribution < 1.29 is 18.8 Å². The Labute approximate surface area is 206 Å². The van der Waals surface area contributed by atoms with Crippen LogP contribution in [0, 0.1) is 0 Å². The summed E-state index contributed by atoms with van der Waals surface area (Å²) in [7, 11) is -0.416. The highest BCUT2D eigenvalue weighted by atomic mass is 35.5. The molecule has 1 heterocycles. The normalized spacial score (nSPS) is 16.5. The molecule has 0 bridgehead atoms. The average Bonchev–Trinajstić information content (AvgIpc) is 3.00. The third kappa shape index (κ3) is 6.57. The number of hydrogen-bond acceptors (Lipinski definition) is 5. The zero-order chi connectivity index (χ0) is 24.1. The molecule has 0 saturated carbocycles. The van der Waals surface area contributed by atoms with Gasteiger partial charge in [0.15, 0.2) is 0 Å². The molecule has 1 aliphatic rings. The highest BCUT2D eigenvalue weighted by Gasteiger charge is 2.51. The van der Waals surface area contributed by atoms with Crippen LogP contribution in [0.15, 0.2) is 48.5 Å². The molecule has 3 rings (SSSR count). The van der Waals surface area contributed by atoms with Crippen LogP contribution in [0.4, 0.5) is 16.2 Å². The first kappa shape index (κ1) is 25.7. The summed E-state index contributed by atoms with van der Waals surface area (Å²) in [6, 6.07) is 15.2. The molecule has 1 amide bonds. The summed E-state index contributed by atoms with van der Waals surface area (Å²) in [6.07, 6.45) is -0.517. The van der Waals surface area contributed by atoms with Crippen LogP contribution in [0.5, 0.6) is 0 Å². The van der Waals surface area contributed by atoms with Crippen LogP contribution in [-0.4, -0.2) is 49.3 Å². The van der Waals surface area contributed by atoms with Gasteiger partial charge in [0.2, 0.25) is 0 Å². The van der Waals surface area contributed by atoms with E-state index in [1.54, 1.807) is 0 Å². The minimum atomic E-state index is -0.517. The first-order valence-corrected chi connectivity index (χ1v) is 12.1. The molecule has 0 aliphatic carbocycles. The molecule has 0 unspecified atom stereocenters. The lowest BCUT2D eigenvalue weighted by Gasteiger charge is -2.32. The van der Waals surface area contributed by atoms with Crippen LogP contribution in [0.2, 0.25) is 0 Å². The fourth-order valence-electron chi connectivity index (χ4n) is 3.38. The van der Waals surface area contributed by atoms with E-state index in [0.29, 0.717) is 30.5 Å². The maximum absolute atomic E-state index is 12.2. The van der Waals surface area contributed by atoms with E-state index in [9.17, 15) is 4.79 Å². The average molecular weight is 493 g/mol. The number of carbonyl (C=O) groups excluding carboxylic acids is 1. The zero-order valence-corrected chi connectivity index (χ0v) is 21.1. The van der Waals surface area contributed by atoms with Gasteiger partial charge in [-0.25, -0.2) is 4.79 Å². The van der Waals surface area contributed by atoms with Gasteiger partial charge in [0.25, 0.3) is 0 Å². The second-order valence-corrected chi connectivity index (χ2v) is 9.70. The summed E-state index contributed by atoms with van der Waals surface area (Å²) in [5.41, 5.74) is 2.68. The Bertz CT molecular complexity index is 901. The van der Waals surface area contributed by atoms with Crippen molar-refractivity contribution in [3.05, 3.63) is 54.1 Å². The van der Waals surface area contributed by atoms with Crippen molar-refractivity contribution in [3.63, 3.8) is 0 Å². The Morgan fingerprint density at radius 3 is 2.00 bits per heavy atom. The van der Waals surface area contributed by atoms with E-state index in [2.05, 4.69) is 10.2 Å². The smallest absolute Gasteiger partial charge is 0.444 e. The minimum absolute atomic E-state index is 0.160. The van der Waals surface area contributed by atoms with Crippen molar-refractivity contribution in [3.8, 4) is 0 Å². The van der Waals surface area contributed by atoms with Gasteiger partial charge in [-0.3, -0.25) is 5.32 Å². The lowest BCUT2D eigenvalue weighted by Crippen LogP contribution is -2.41. The molecule has 9 heteroatoms. The van der Waals surface area contributed by atoms with Crippen LogP contribution in [-0.2, 0) is 20.7 Å². The van der Waals surface area contributed by atoms with Crippen LogP contribution in [0.1, 0.15) is 33.3 Å². The molecule has 1 N–H and O–H groups in total. The molecular formula is C24H31BCl2N2O4. The summed E-state index contributed by atoms with van der Waals surface area (Å²) in [5.74, 6) is 1.03. The molecular weight excluding hydrogens is 462 g/mol. The number of hydrogen-bond donors (Lipinski definition) is 1. The van der Waals surface area contributed by atoms with E-state index in [-0.39, 0.29) is 17.8 Å². The quantitative estimate of drug-likeness (QED) is 0.393. The van der Waals surface area contributed by atoms with E-state index in [1.165, 1.54) is 0 Å². The molecule has 1 aliphatic heterocycles. The predicted molar refractivity (Wildman–Crippen MR) is 136 cm³/mol. The molecule has 0 aromatic heterocycles. The summed E-state index contributed by atoms with van der Waals surface area (Å²) in [4.78, 5) is 14.3. The van der Waals surface area contributed by atoms with Gasteiger partial charge < -0.3 is 18.9 Å². The largest absolute Gasteiger partial charge is 0.494 e. The van der Waals surface area contributed by atoms with Crippen LogP contribution in [0.25, 0.3) is 0 Å². The maximum atomic E-state index is 12.2. The lowest BCUT2D eigenvalue weighted by molar-refractivity contribution is 0.00578. The number of ether oxygens (including phenoxy) is 1. The molecule has 0 radical (unpaired) electrons. The van der Waals surface area contributed by atoms with E-state index in [0.717, 1.165) is 16.7 Å². The first-order valence-electron chi connectivity index (χ1n) is 11.0. The Hall–Kier alpha value is -1.93. The van der Waals surface area contributed by atoms with Gasteiger partial charge >= 0.3 is 13.2 Å². The van der Waals surface area contributed by atoms with Gasteiger partial charge in [-0.2, -0.15) is 0 Å². The molecule has 0 spiro atoms. The number of carbonyl (C=O) groups is 1. The molecule has 2 aromatic rings. The zero-order valence-electron chi connectivity index (χ0n) is 19.6. The molecule has 33 heavy (non-hydrogen) atoms. The van der Waals surface area contributed by atoms with Gasteiger partial charge in [-0.15, -0.1) is 23.2 Å². The van der Waals surface area contributed by atoms with Crippen LogP contribution < -0.4 is 15.7 Å². The van der Waals surface area contributed by atoms with E-state index >= 15 is 0 Å². The SMILES string of the molecule is CC1(C)OB(c2ccc(COC(=O)Nc3ccc(N(CCCl)CCCl)cc3)cc2)OC1(C)C. The highest BCUT2D eigenvalue weighted by molar-refractivity contribution is 6.62. The van der Waals surface area contributed by atoms with Crippen molar-refractivity contribution in [1.82, 2.24) is 0 Å². The Balaban J connectivity index is 1.50. The predicted octanol–water partition coefficient (Wildman–Crippen LogP) is 5.02. The monoisotopic (exact) mass is 492 g/mol. The summed E-state index contributed by atoms with van der Waals surface area (Å²) < 4.78 is 17.5. The van der Waals surface area contributed by atoms with E-state index in [4.69, 9.17) is 37.2 Å². The topological polar surface area (TPSA) is 60.0 Å². The molecule has 0 atom stereocenters. The first-order chi connectivity index (χ1) is 15.6. The van der Waals surface area contributed by atoms with Gasteiger partial charge in [0, 0.05) is 36.2 Å². The number of amides is 1. The van der Waals surface area contributed by atoms with Crippen LogP contribution in [0.3, 0.4) is 0 Å². The second kappa shape index (κ2) is 11.0. The third-order valence-electron chi connectivity index (χ3n) is 6.06. The van der Waals surface area contributed by atoms with Gasteiger partial charge in [0.05, 0.1) is 11.2 Å². The molecule has 2 aromatic carbocycles.